The fourth-order valence-electron chi connectivity index (χ4n) is 4.40. The van der Waals surface area contributed by atoms with E-state index in [1.165, 1.54) is 37.7 Å². The zero-order chi connectivity index (χ0) is 22.2. The predicted octanol–water partition coefficient (Wildman–Crippen LogP) is 5.93. The zero-order valence-electron chi connectivity index (χ0n) is 18.5. The number of hydrogen-bond acceptors (Lipinski definition) is 4. The Hall–Kier alpha value is -3.21. The molecule has 0 aliphatic heterocycles. The normalized spacial score (nSPS) is 14.2. The molecule has 32 heavy (non-hydrogen) atoms. The number of phenolic OH excluding ortho intramolecular Hbond substituents is 1. The van der Waals surface area contributed by atoms with Gasteiger partial charge in [-0.05, 0) is 55.0 Å². The largest absolute Gasteiger partial charge is 0.508 e. The molecule has 0 bridgehead atoms. The van der Waals surface area contributed by atoms with Crippen LogP contribution < -0.4 is 5.32 Å². The maximum absolute atomic E-state index is 12.6. The molecule has 3 aromatic rings. The van der Waals surface area contributed by atoms with Crippen molar-refractivity contribution in [1.82, 2.24) is 9.97 Å². The van der Waals surface area contributed by atoms with Gasteiger partial charge in [0.05, 0.1) is 17.6 Å². The first-order valence-corrected chi connectivity index (χ1v) is 11.7. The lowest BCUT2D eigenvalue weighted by Gasteiger charge is -2.22. The van der Waals surface area contributed by atoms with Gasteiger partial charge in [-0.3, -0.25) is 4.79 Å². The Labute approximate surface area is 189 Å². The average Bonchev–Trinajstić information content (AvgIpc) is 2.82. The van der Waals surface area contributed by atoms with Crippen LogP contribution in [0.15, 0.2) is 60.8 Å². The van der Waals surface area contributed by atoms with Crippen molar-refractivity contribution in [3.63, 3.8) is 0 Å². The highest BCUT2D eigenvalue weighted by Crippen LogP contribution is 2.29. The third-order valence-corrected chi connectivity index (χ3v) is 6.18. The number of rotatable bonds is 8. The minimum absolute atomic E-state index is 0.0162. The number of amides is 1. The van der Waals surface area contributed by atoms with Crippen LogP contribution in [0.25, 0.3) is 11.3 Å². The van der Waals surface area contributed by atoms with Crippen molar-refractivity contribution in [3.05, 3.63) is 72.1 Å². The topological polar surface area (TPSA) is 75.1 Å². The van der Waals surface area contributed by atoms with Crippen LogP contribution in [0.3, 0.4) is 0 Å². The van der Waals surface area contributed by atoms with Crippen molar-refractivity contribution in [3.8, 4) is 17.0 Å². The molecule has 4 rings (SSSR count). The Balaban J connectivity index is 1.46. The Kier molecular flexibility index (Phi) is 7.49. The third kappa shape index (κ3) is 6.16. The van der Waals surface area contributed by atoms with Gasteiger partial charge in [0.25, 0.3) is 0 Å². The summed E-state index contributed by atoms with van der Waals surface area (Å²) in [4.78, 5) is 22.1. The van der Waals surface area contributed by atoms with Gasteiger partial charge in [-0.15, -0.1) is 0 Å². The van der Waals surface area contributed by atoms with Gasteiger partial charge in [-0.1, -0.05) is 62.4 Å². The van der Waals surface area contributed by atoms with Gasteiger partial charge in [0.15, 0.2) is 5.82 Å². The van der Waals surface area contributed by atoms with Crippen molar-refractivity contribution in [2.45, 2.75) is 57.8 Å². The van der Waals surface area contributed by atoms with E-state index in [0.29, 0.717) is 18.2 Å². The lowest BCUT2D eigenvalue weighted by atomic mass is 9.86. The first kappa shape index (κ1) is 22.0. The molecule has 2 N–H and O–H groups in total. The Bertz CT molecular complexity index is 1010. The minimum Gasteiger partial charge on any atom is -0.508 e. The number of aryl methyl sites for hydroxylation is 1. The molecule has 0 unspecified atom stereocenters. The van der Waals surface area contributed by atoms with Gasteiger partial charge in [-0.2, -0.15) is 0 Å². The summed E-state index contributed by atoms with van der Waals surface area (Å²) < 4.78 is 0. The standard InChI is InChI=1S/C27H31N3O2/c31-23-16-14-22(15-17-23)25-19-28-27(24(29-25)18-21-10-5-2-6-11-21)30-26(32)13-7-12-20-8-3-1-4-9-20/h1,3-4,8-9,14-17,19,21,31H,2,5-7,10-13,18H2,(H,28,30,32). The lowest BCUT2D eigenvalue weighted by Crippen LogP contribution is -2.18. The summed E-state index contributed by atoms with van der Waals surface area (Å²) in [5.41, 5.74) is 3.77. The first-order chi connectivity index (χ1) is 15.7. The number of phenols is 1. The molecule has 2 aromatic carbocycles. The molecule has 0 spiro atoms. The maximum atomic E-state index is 12.6. The number of aromatic nitrogens is 2. The molecule has 1 saturated carbocycles. The number of carbonyl (C=O) groups excluding carboxylic acids is 1. The summed E-state index contributed by atoms with van der Waals surface area (Å²) >= 11 is 0. The van der Waals surface area contributed by atoms with Crippen LogP contribution in [0.4, 0.5) is 5.82 Å². The maximum Gasteiger partial charge on any atom is 0.225 e. The molecule has 5 nitrogen and oxygen atoms in total. The van der Waals surface area contributed by atoms with Gasteiger partial charge in [0, 0.05) is 12.0 Å². The van der Waals surface area contributed by atoms with Gasteiger partial charge in [-0.25, -0.2) is 9.97 Å². The van der Waals surface area contributed by atoms with Crippen LogP contribution in [0.1, 0.15) is 56.2 Å². The van der Waals surface area contributed by atoms with E-state index in [9.17, 15) is 9.90 Å². The summed E-state index contributed by atoms with van der Waals surface area (Å²) in [5.74, 6) is 1.38. The summed E-state index contributed by atoms with van der Waals surface area (Å²) in [6.45, 7) is 0. The second-order valence-corrected chi connectivity index (χ2v) is 8.69. The highest BCUT2D eigenvalue weighted by atomic mass is 16.3. The monoisotopic (exact) mass is 429 g/mol. The van der Waals surface area contributed by atoms with Gasteiger partial charge < -0.3 is 10.4 Å². The zero-order valence-corrected chi connectivity index (χ0v) is 18.5. The molecule has 0 atom stereocenters. The van der Waals surface area contributed by atoms with E-state index in [1.54, 1.807) is 18.3 Å². The van der Waals surface area contributed by atoms with Crippen LogP contribution in [-0.2, 0) is 17.6 Å². The fourth-order valence-corrected chi connectivity index (χ4v) is 4.40. The van der Waals surface area contributed by atoms with Crippen molar-refractivity contribution in [1.29, 1.82) is 0 Å². The highest BCUT2D eigenvalue weighted by molar-refractivity contribution is 5.90. The number of aromatic hydroxyl groups is 1. The molecule has 1 heterocycles. The molecule has 1 amide bonds. The molecular weight excluding hydrogens is 398 g/mol. The molecule has 1 aliphatic rings. The van der Waals surface area contributed by atoms with E-state index in [1.807, 2.05) is 30.3 Å². The van der Waals surface area contributed by atoms with E-state index >= 15 is 0 Å². The summed E-state index contributed by atoms with van der Waals surface area (Å²) in [6.07, 6.45) is 10.9. The second-order valence-electron chi connectivity index (χ2n) is 8.69. The Morgan fingerprint density at radius 1 is 1.00 bits per heavy atom. The average molecular weight is 430 g/mol. The fraction of sp³-hybridized carbons (Fsp3) is 0.370. The second kappa shape index (κ2) is 10.9. The lowest BCUT2D eigenvalue weighted by molar-refractivity contribution is -0.116. The third-order valence-electron chi connectivity index (χ3n) is 6.18. The van der Waals surface area contributed by atoms with Crippen LogP contribution in [-0.4, -0.2) is 21.0 Å². The molecular formula is C27H31N3O2. The number of anilines is 1. The summed E-state index contributed by atoms with van der Waals surface area (Å²) in [7, 11) is 0. The van der Waals surface area contributed by atoms with E-state index in [-0.39, 0.29) is 11.7 Å². The van der Waals surface area contributed by atoms with Crippen LogP contribution in [0.2, 0.25) is 0 Å². The van der Waals surface area contributed by atoms with Crippen molar-refractivity contribution in [2.24, 2.45) is 5.92 Å². The number of benzene rings is 2. The van der Waals surface area contributed by atoms with E-state index < -0.39 is 0 Å². The van der Waals surface area contributed by atoms with Crippen molar-refractivity contribution < 1.29 is 9.90 Å². The number of nitrogens with zero attached hydrogens (tertiary/aromatic N) is 2. The molecule has 1 fully saturated rings. The SMILES string of the molecule is O=C(CCCc1ccccc1)Nc1ncc(-c2ccc(O)cc2)nc1CC1CCCCC1. The van der Waals surface area contributed by atoms with E-state index in [4.69, 9.17) is 4.98 Å². The molecule has 0 saturated heterocycles. The first-order valence-electron chi connectivity index (χ1n) is 11.7. The number of hydrogen-bond donors (Lipinski definition) is 2. The van der Waals surface area contributed by atoms with Gasteiger partial charge in [0.1, 0.15) is 5.75 Å². The number of carbonyl (C=O) groups is 1. The molecule has 5 heteroatoms. The smallest absolute Gasteiger partial charge is 0.225 e. The van der Waals surface area contributed by atoms with Crippen LogP contribution in [0.5, 0.6) is 5.75 Å². The minimum atomic E-state index is -0.0162. The quantitative estimate of drug-likeness (QED) is 0.465. The molecule has 1 aromatic heterocycles. The predicted molar refractivity (Wildman–Crippen MR) is 127 cm³/mol. The van der Waals surface area contributed by atoms with Gasteiger partial charge in [0.2, 0.25) is 5.91 Å². The van der Waals surface area contributed by atoms with Gasteiger partial charge >= 0.3 is 0 Å². The van der Waals surface area contributed by atoms with Crippen molar-refractivity contribution in [2.75, 3.05) is 5.32 Å². The van der Waals surface area contributed by atoms with Crippen LogP contribution >= 0.6 is 0 Å². The molecule has 166 valence electrons. The van der Waals surface area contributed by atoms with E-state index in [0.717, 1.165) is 36.2 Å². The Morgan fingerprint density at radius 2 is 1.75 bits per heavy atom. The van der Waals surface area contributed by atoms with E-state index in [2.05, 4.69) is 22.4 Å². The summed E-state index contributed by atoms with van der Waals surface area (Å²) in [6, 6.07) is 17.2. The highest BCUT2D eigenvalue weighted by Gasteiger charge is 2.19. The molecule has 0 radical (unpaired) electrons. The van der Waals surface area contributed by atoms with Crippen molar-refractivity contribution >= 4 is 11.7 Å². The summed E-state index contributed by atoms with van der Waals surface area (Å²) in [5, 5.41) is 12.6. The molecule has 1 aliphatic carbocycles. The number of nitrogens with one attached hydrogen (secondary N) is 1. The Morgan fingerprint density at radius 3 is 2.50 bits per heavy atom. The van der Waals surface area contributed by atoms with Crippen LogP contribution in [0, 0.1) is 5.92 Å².